The van der Waals surface area contributed by atoms with Crippen LogP contribution in [0.1, 0.15) is 16.1 Å². The van der Waals surface area contributed by atoms with E-state index in [1.165, 1.54) is 4.88 Å². The molecule has 0 saturated heterocycles. The molecule has 3 nitrogen and oxygen atoms in total. The highest BCUT2D eigenvalue weighted by molar-refractivity contribution is 7.15. The van der Waals surface area contributed by atoms with Gasteiger partial charge in [0, 0.05) is 24.1 Å². The SMILES string of the molecule is CN(C)Cc1ccc(-c2nc3c(s2)COCC3)cc1F. The Labute approximate surface area is 122 Å². The Morgan fingerprint density at radius 3 is 2.95 bits per heavy atom. The van der Waals surface area contributed by atoms with Crippen molar-refractivity contribution < 1.29 is 9.13 Å². The highest BCUT2D eigenvalue weighted by Crippen LogP contribution is 2.31. The molecule has 0 atom stereocenters. The van der Waals surface area contributed by atoms with Crippen LogP contribution in [-0.4, -0.2) is 30.6 Å². The van der Waals surface area contributed by atoms with Crippen molar-refractivity contribution in [1.29, 1.82) is 0 Å². The third-order valence-corrected chi connectivity index (χ3v) is 4.40. The van der Waals surface area contributed by atoms with E-state index in [1.807, 2.05) is 31.1 Å². The van der Waals surface area contributed by atoms with E-state index in [-0.39, 0.29) is 5.82 Å². The summed E-state index contributed by atoms with van der Waals surface area (Å²) in [7, 11) is 3.87. The molecule has 1 aliphatic heterocycles. The predicted octanol–water partition coefficient (Wildman–Crippen LogP) is 3.08. The van der Waals surface area contributed by atoms with Crippen molar-refractivity contribution in [3.63, 3.8) is 0 Å². The third kappa shape index (κ3) is 2.75. The number of aromatic nitrogens is 1. The van der Waals surface area contributed by atoms with E-state index >= 15 is 0 Å². The van der Waals surface area contributed by atoms with Crippen LogP contribution in [0.25, 0.3) is 10.6 Å². The molecule has 0 amide bonds. The van der Waals surface area contributed by atoms with Crippen molar-refractivity contribution in [3.05, 3.63) is 40.2 Å². The monoisotopic (exact) mass is 292 g/mol. The van der Waals surface area contributed by atoms with Gasteiger partial charge in [-0.2, -0.15) is 0 Å². The van der Waals surface area contributed by atoms with Gasteiger partial charge < -0.3 is 9.64 Å². The van der Waals surface area contributed by atoms with Gasteiger partial charge in [-0.05, 0) is 20.2 Å². The van der Waals surface area contributed by atoms with Crippen LogP contribution < -0.4 is 0 Å². The highest BCUT2D eigenvalue weighted by atomic mass is 32.1. The summed E-state index contributed by atoms with van der Waals surface area (Å²) in [6.45, 7) is 1.97. The van der Waals surface area contributed by atoms with Gasteiger partial charge in [-0.15, -0.1) is 11.3 Å². The molecular weight excluding hydrogens is 275 g/mol. The third-order valence-electron chi connectivity index (χ3n) is 3.28. The summed E-state index contributed by atoms with van der Waals surface area (Å²) >= 11 is 1.60. The summed E-state index contributed by atoms with van der Waals surface area (Å²) in [6, 6.07) is 5.39. The summed E-state index contributed by atoms with van der Waals surface area (Å²) in [5.41, 5.74) is 2.67. The second-order valence-electron chi connectivity index (χ2n) is 5.24. The maximum Gasteiger partial charge on any atom is 0.128 e. The minimum absolute atomic E-state index is 0.166. The fraction of sp³-hybridized carbons (Fsp3) is 0.400. The minimum Gasteiger partial charge on any atom is -0.375 e. The second kappa shape index (κ2) is 5.60. The first-order valence-corrected chi connectivity index (χ1v) is 7.45. The molecule has 3 rings (SSSR count). The number of hydrogen-bond donors (Lipinski definition) is 0. The van der Waals surface area contributed by atoms with E-state index in [2.05, 4.69) is 4.98 Å². The Morgan fingerprint density at radius 2 is 2.25 bits per heavy atom. The maximum atomic E-state index is 14.1. The molecule has 1 aromatic carbocycles. The van der Waals surface area contributed by atoms with Crippen molar-refractivity contribution in [2.24, 2.45) is 0 Å². The van der Waals surface area contributed by atoms with Crippen LogP contribution in [0.15, 0.2) is 18.2 Å². The topological polar surface area (TPSA) is 25.4 Å². The molecule has 0 saturated carbocycles. The van der Waals surface area contributed by atoms with Gasteiger partial charge in [-0.25, -0.2) is 9.37 Å². The zero-order valence-corrected chi connectivity index (χ0v) is 12.5. The second-order valence-corrected chi connectivity index (χ2v) is 6.32. The fourth-order valence-electron chi connectivity index (χ4n) is 2.30. The normalized spacial score (nSPS) is 14.6. The molecule has 1 aromatic heterocycles. The van der Waals surface area contributed by atoms with Crippen molar-refractivity contribution in [3.8, 4) is 10.6 Å². The van der Waals surface area contributed by atoms with Crippen LogP contribution in [0, 0.1) is 5.82 Å². The van der Waals surface area contributed by atoms with Gasteiger partial charge in [-0.1, -0.05) is 12.1 Å². The smallest absolute Gasteiger partial charge is 0.128 e. The molecule has 5 heteroatoms. The fourth-order valence-corrected chi connectivity index (χ4v) is 3.34. The Bertz CT molecular complexity index is 601. The number of halogens is 1. The van der Waals surface area contributed by atoms with E-state index in [1.54, 1.807) is 17.4 Å². The number of ether oxygens (including phenoxy) is 1. The molecule has 0 radical (unpaired) electrons. The first kappa shape index (κ1) is 13.7. The largest absolute Gasteiger partial charge is 0.375 e. The van der Waals surface area contributed by atoms with E-state index in [4.69, 9.17) is 4.74 Å². The van der Waals surface area contributed by atoms with Crippen LogP contribution in [0.3, 0.4) is 0 Å². The van der Waals surface area contributed by atoms with Gasteiger partial charge in [0.1, 0.15) is 10.8 Å². The van der Waals surface area contributed by atoms with E-state index in [9.17, 15) is 4.39 Å². The van der Waals surface area contributed by atoms with Gasteiger partial charge in [0.05, 0.1) is 23.8 Å². The zero-order chi connectivity index (χ0) is 14.1. The molecule has 106 valence electrons. The van der Waals surface area contributed by atoms with Crippen LogP contribution in [-0.2, 0) is 24.3 Å². The standard InChI is InChI=1S/C15H17FN2OS/c1-18(2)8-11-4-3-10(7-12(11)16)15-17-13-5-6-19-9-14(13)20-15/h3-4,7H,5-6,8-9H2,1-2H3. The summed E-state index contributed by atoms with van der Waals surface area (Å²) in [5.74, 6) is -0.166. The van der Waals surface area contributed by atoms with Crippen molar-refractivity contribution in [1.82, 2.24) is 9.88 Å². The van der Waals surface area contributed by atoms with E-state index in [0.717, 1.165) is 29.3 Å². The average Bonchev–Trinajstić information content (AvgIpc) is 2.84. The predicted molar refractivity (Wildman–Crippen MR) is 78.3 cm³/mol. The molecule has 0 fully saturated rings. The lowest BCUT2D eigenvalue weighted by atomic mass is 10.1. The molecule has 1 aliphatic rings. The molecule has 2 aromatic rings. The van der Waals surface area contributed by atoms with Gasteiger partial charge in [0.15, 0.2) is 0 Å². The zero-order valence-electron chi connectivity index (χ0n) is 11.6. The minimum atomic E-state index is -0.166. The lowest BCUT2D eigenvalue weighted by Crippen LogP contribution is -2.11. The van der Waals surface area contributed by atoms with Crippen LogP contribution >= 0.6 is 11.3 Å². The Balaban J connectivity index is 1.90. The summed E-state index contributed by atoms with van der Waals surface area (Å²) in [5, 5.41) is 0.885. The molecule has 2 heterocycles. The average molecular weight is 292 g/mol. The van der Waals surface area contributed by atoms with E-state index in [0.29, 0.717) is 18.7 Å². The highest BCUT2D eigenvalue weighted by Gasteiger charge is 2.17. The summed E-state index contributed by atoms with van der Waals surface area (Å²) in [4.78, 5) is 7.74. The quantitative estimate of drug-likeness (QED) is 0.869. The van der Waals surface area contributed by atoms with Gasteiger partial charge >= 0.3 is 0 Å². The number of nitrogens with zero attached hydrogens (tertiary/aromatic N) is 2. The Hall–Kier alpha value is -1.30. The molecular formula is C15H17FN2OS. The van der Waals surface area contributed by atoms with Crippen molar-refractivity contribution in [2.75, 3.05) is 20.7 Å². The van der Waals surface area contributed by atoms with Crippen LogP contribution in [0.4, 0.5) is 4.39 Å². The van der Waals surface area contributed by atoms with Crippen molar-refractivity contribution >= 4 is 11.3 Å². The number of rotatable bonds is 3. The van der Waals surface area contributed by atoms with E-state index < -0.39 is 0 Å². The van der Waals surface area contributed by atoms with Crippen molar-refractivity contribution in [2.45, 2.75) is 19.6 Å². The molecule has 20 heavy (non-hydrogen) atoms. The number of hydrogen-bond acceptors (Lipinski definition) is 4. The lowest BCUT2D eigenvalue weighted by molar-refractivity contribution is 0.112. The Kier molecular flexibility index (Phi) is 3.83. The molecule has 0 bridgehead atoms. The lowest BCUT2D eigenvalue weighted by Gasteiger charge is -2.10. The first-order chi connectivity index (χ1) is 9.63. The molecule has 0 spiro atoms. The number of thiazole rings is 1. The first-order valence-electron chi connectivity index (χ1n) is 6.63. The van der Waals surface area contributed by atoms with Gasteiger partial charge in [0.2, 0.25) is 0 Å². The van der Waals surface area contributed by atoms with Gasteiger partial charge in [0.25, 0.3) is 0 Å². The maximum absolute atomic E-state index is 14.1. The van der Waals surface area contributed by atoms with Crippen LogP contribution in [0.2, 0.25) is 0 Å². The Morgan fingerprint density at radius 1 is 1.40 bits per heavy atom. The molecule has 0 aliphatic carbocycles. The summed E-state index contributed by atoms with van der Waals surface area (Å²) in [6.07, 6.45) is 0.854. The van der Waals surface area contributed by atoms with Gasteiger partial charge in [-0.3, -0.25) is 0 Å². The summed E-state index contributed by atoms with van der Waals surface area (Å²) < 4.78 is 19.5. The molecule has 0 unspecified atom stereocenters. The number of benzene rings is 1. The molecule has 0 N–H and O–H groups in total. The number of fused-ring (bicyclic) bond motifs is 1. The van der Waals surface area contributed by atoms with Crippen LogP contribution in [0.5, 0.6) is 0 Å².